The summed E-state index contributed by atoms with van der Waals surface area (Å²) in [5.41, 5.74) is 1.16. The van der Waals surface area contributed by atoms with E-state index >= 15 is 0 Å². The Labute approximate surface area is 179 Å². The van der Waals surface area contributed by atoms with Crippen molar-refractivity contribution in [3.05, 3.63) is 35.9 Å². The number of hydrogen-bond donors (Lipinski definition) is 1. The molecule has 0 spiro atoms. The summed E-state index contributed by atoms with van der Waals surface area (Å²) in [5, 5.41) is 3.56. The fourth-order valence-electron chi connectivity index (χ4n) is 8.93. The number of benzene rings is 1. The van der Waals surface area contributed by atoms with Crippen molar-refractivity contribution >= 4 is 5.91 Å². The van der Waals surface area contributed by atoms with Crippen LogP contribution in [0, 0.1) is 22.7 Å². The molecule has 4 saturated carbocycles. The van der Waals surface area contributed by atoms with E-state index in [0.29, 0.717) is 30.2 Å². The SMILES string of the molecule is O=C(N[C@@H]1CN2CCC1CC2)C12CC3CC(CCF)(C1)C[C@](c1ccccc1)(C3)C2. The fourth-order valence-corrected chi connectivity index (χ4v) is 8.93. The third-order valence-corrected chi connectivity index (χ3v) is 9.65. The first-order valence-electron chi connectivity index (χ1n) is 12.2. The van der Waals surface area contributed by atoms with E-state index in [1.807, 2.05) is 0 Å². The largest absolute Gasteiger partial charge is 0.351 e. The summed E-state index contributed by atoms with van der Waals surface area (Å²) < 4.78 is 13.7. The smallest absolute Gasteiger partial charge is 0.226 e. The summed E-state index contributed by atoms with van der Waals surface area (Å²) in [6.45, 7) is 3.16. The van der Waals surface area contributed by atoms with Crippen molar-refractivity contribution in [2.45, 2.75) is 69.2 Å². The van der Waals surface area contributed by atoms with Crippen LogP contribution in [0.2, 0.25) is 0 Å². The lowest BCUT2D eigenvalue weighted by atomic mass is 9.38. The molecular weight excluding hydrogens is 375 g/mol. The van der Waals surface area contributed by atoms with Crippen LogP contribution in [0.25, 0.3) is 0 Å². The first-order chi connectivity index (χ1) is 14.5. The molecule has 5 atom stereocenters. The molecule has 8 rings (SSSR count). The van der Waals surface area contributed by atoms with Crippen LogP contribution >= 0.6 is 0 Å². The van der Waals surface area contributed by atoms with E-state index in [4.69, 9.17) is 0 Å². The van der Waals surface area contributed by atoms with Crippen molar-refractivity contribution in [2.75, 3.05) is 26.3 Å². The topological polar surface area (TPSA) is 32.3 Å². The van der Waals surface area contributed by atoms with Crippen LogP contribution < -0.4 is 5.32 Å². The molecular formula is C26H35FN2O. The van der Waals surface area contributed by atoms with E-state index < -0.39 is 0 Å². The number of piperidine rings is 3. The average molecular weight is 411 g/mol. The molecule has 1 N–H and O–H groups in total. The van der Waals surface area contributed by atoms with Crippen molar-refractivity contribution < 1.29 is 9.18 Å². The van der Waals surface area contributed by atoms with Gasteiger partial charge in [0.1, 0.15) is 0 Å². The van der Waals surface area contributed by atoms with Crippen LogP contribution in [-0.2, 0) is 10.2 Å². The monoisotopic (exact) mass is 410 g/mol. The molecule has 1 aromatic rings. The summed E-state index contributed by atoms with van der Waals surface area (Å²) in [6, 6.07) is 11.2. The van der Waals surface area contributed by atoms with Gasteiger partial charge in [-0.05, 0) is 99.1 Å². The maximum absolute atomic E-state index is 13.9. The van der Waals surface area contributed by atoms with Gasteiger partial charge in [-0.25, -0.2) is 0 Å². The number of hydrogen-bond acceptors (Lipinski definition) is 2. The van der Waals surface area contributed by atoms with Gasteiger partial charge in [0.25, 0.3) is 0 Å². The highest BCUT2D eigenvalue weighted by Gasteiger charge is 2.65. The molecule has 4 aliphatic carbocycles. The Morgan fingerprint density at radius 3 is 2.57 bits per heavy atom. The van der Waals surface area contributed by atoms with Gasteiger partial charge in [0.15, 0.2) is 0 Å². The molecule has 1 amide bonds. The van der Waals surface area contributed by atoms with Crippen LogP contribution in [-0.4, -0.2) is 43.2 Å². The van der Waals surface area contributed by atoms with E-state index in [2.05, 4.69) is 40.5 Å². The Morgan fingerprint density at radius 1 is 1.07 bits per heavy atom. The van der Waals surface area contributed by atoms with Gasteiger partial charge in [-0.15, -0.1) is 0 Å². The maximum Gasteiger partial charge on any atom is 0.226 e. The first kappa shape index (κ1) is 19.3. The molecule has 3 heterocycles. The average Bonchev–Trinajstić information content (AvgIpc) is 2.74. The Kier molecular flexibility index (Phi) is 4.36. The van der Waals surface area contributed by atoms with Crippen molar-refractivity contribution in [3.8, 4) is 0 Å². The number of halogens is 1. The minimum Gasteiger partial charge on any atom is -0.351 e. The molecule has 7 fully saturated rings. The van der Waals surface area contributed by atoms with E-state index in [9.17, 15) is 9.18 Å². The lowest BCUT2D eigenvalue weighted by Gasteiger charge is -2.66. The Hall–Kier alpha value is -1.42. The van der Waals surface area contributed by atoms with Crippen molar-refractivity contribution in [3.63, 3.8) is 0 Å². The van der Waals surface area contributed by atoms with Gasteiger partial charge in [0.05, 0.1) is 12.1 Å². The van der Waals surface area contributed by atoms with Crippen LogP contribution in [0.1, 0.15) is 63.4 Å². The minimum absolute atomic E-state index is 0.0103. The Bertz CT molecular complexity index is 822. The molecule has 4 heteroatoms. The van der Waals surface area contributed by atoms with Crippen LogP contribution in [0.15, 0.2) is 30.3 Å². The van der Waals surface area contributed by atoms with Gasteiger partial charge in [0.2, 0.25) is 5.91 Å². The summed E-state index contributed by atoms with van der Waals surface area (Å²) in [5.74, 6) is 1.51. The van der Waals surface area contributed by atoms with E-state index in [1.54, 1.807) is 0 Å². The second-order valence-electron chi connectivity index (χ2n) is 11.6. The quantitative estimate of drug-likeness (QED) is 0.777. The summed E-state index contributed by atoms with van der Waals surface area (Å²) in [4.78, 5) is 16.5. The van der Waals surface area contributed by atoms with E-state index in [0.717, 1.165) is 38.6 Å². The zero-order valence-electron chi connectivity index (χ0n) is 18.0. The molecule has 0 aromatic heterocycles. The number of carbonyl (C=O) groups excluding carboxylic acids is 1. The molecule has 6 bridgehead atoms. The predicted octanol–water partition coefficient (Wildman–Crippen LogP) is 4.46. The highest BCUT2D eigenvalue weighted by atomic mass is 19.1. The fraction of sp³-hybridized carbons (Fsp3) is 0.731. The number of nitrogens with zero attached hydrogens (tertiary/aromatic N) is 1. The van der Waals surface area contributed by atoms with Gasteiger partial charge in [-0.3, -0.25) is 9.18 Å². The molecule has 3 aliphatic heterocycles. The number of amides is 1. The van der Waals surface area contributed by atoms with Crippen molar-refractivity contribution in [1.82, 2.24) is 10.2 Å². The Balaban J connectivity index is 1.33. The standard InChI is InChI=1S/C26H35FN2O/c27-9-8-24-12-19-13-25(16-24,21-4-2-1-3-5-21)18-26(14-19,17-24)23(30)28-22-15-29-10-6-20(22)7-11-29/h1-5,19-20,22H,6-18H2,(H,28,30)/t19?,22-,24?,25-,26?/m1/s1. The molecule has 30 heavy (non-hydrogen) atoms. The number of nitrogens with one attached hydrogen (secondary N) is 1. The minimum atomic E-state index is -0.295. The predicted molar refractivity (Wildman–Crippen MR) is 116 cm³/mol. The molecule has 1 aromatic carbocycles. The Morgan fingerprint density at radius 2 is 1.87 bits per heavy atom. The zero-order chi connectivity index (χ0) is 20.4. The third kappa shape index (κ3) is 2.89. The van der Waals surface area contributed by atoms with Gasteiger partial charge < -0.3 is 10.2 Å². The summed E-state index contributed by atoms with van der Waals surface area (Å²) in [6.07, 6.45) is 9.33. The molecule has 162 valence electrons. The maximum atomic E-state index is 13.9. The highest BCUT2D eigenvalue weighted by Crippen LogP contribution is 2.71. The number of alkyl halides is 1. The normalized spacial score (nSPS) is 46.2. The van der Waals surface area contributed by atoms with Crippen molar-refractivity contribution in [1.29, 1.82) is 0 Å². The number of carbonyl (C=O) groups is 1. The lowest BCUT2D eigenvalue weighted by Crippen LogP contribution is -2.65. The summed E-state index contributed by atoms with van der Waals surface area (Å²) >= 11 is 0. The van der Waals surface area contributed by atoms with Gasteiger partial charge in [0, 0.05) is 12.6 Å². The molecule has 3 nitrogen and oxygen atoms in total. The van der Waals surface area contributed by atoms with Gasteiger partial charge in [-0.2, -0.15) is 0 Å². The second-order valence-corrected chi connectivity index (χ2v) is 11.6. The van der Waals surface area contributed by atoms with Crippen molar-refractivity contribution in [2.24, 2.45) is 22.7 Å². The van der Waals surface area contributed by atoms with E-state index in [1.165, 1.54) is 37.9 Å². The summed E-state index contributed by atoms with van der Waals surface area (Å²) in [7, 11) is 0. The highest BCUT2D eigenvalue weighted by molar-refractivity contribution is 5.84. The number of fused-ring (bicyclic) bond motifs is 3. The first-order valence-corrected chi connectivity index (χ1v) is 12.2. The number of rotatable bonds is 5. The van der Waals surface area contributed by atoms with E-state index in [-0.39, 0.29) is 22.9 Å². The van der Waals surface area contributed by atoms with Crippen LogP contribution in [0.4, 0.5) is 4.39 Å². The zero-order valence-corrected chi connectivity index (χ0v) is 18.0. The third-order valence-electron chi connectivity index (χ3n) is 9.65. The molecule has 0 radical (unpaired) electrons. The van der Waals surface area contributed by atoms with Crippen LogP contribution in [0.5, 0.6) is 0 Å². The molecule has 3 unspecified atom stereocenters. The lowest BCUT2D eigenvalue weighted by molar-refractivity contribution is -0.166. The second kappa shape index (κ2) is 6.79. The van der Waals surface area contributed by atoms with Crippen LogP contribution in [0.3, 0.4) is 0 Å². The van der Waals surface area contributed by atoms with Gasteiger partial charge in [-0.1, -0.05) is 30.3 Å². The molecule has 3 saturated heterocycles. The molecule has 7 aliphatic rings. The van der Waals surface area contributed by atoms with Gasteiger partial charge >= 0.3 is 0 Å².